The average Bonchev–Trinajstić information content (AvgIpc) is 2.55. The summed E-state index contributed by atoms with van der Waals surface area (Å²) in [5, 5.41) is 0.994. The van der Waals surface area contributed by atoms with E-state index < -0.39 is 0 Å². The zero-order valence-electron chi connectivity index (χ0n) is 12.7. The smallest absolute Gasteiger partial charge is 0.296 e. The van der Waals surface area contributed by atoms with Crippen molar-refractivity contribution in [2.24, 2.45) is 0 Å². The molecule has 1 aromatic carbocycles. The Labute approximate surface area is 129 Å². The first-order valence-electron chi connectivity index (χ1n) is 7.30. The lowest BCUT2D eigenvalue weighted by molar-refractivity contribution is -0.120. The fourth-order valence-corrected chi connectivity index (χ4v) is 2.44. The van der Waals surface area contributed by atoms with Gasteiger partial charge in [-0.15, -0.1) is 0 Å². The number of carbonyl (C=O) groups is 1. The van der Waals surface area contributed by atoms with Crippen molar-refractivity contribution in [1.29, 1.82) is 0 Å². The summed E-state index contributed by atoms with van der Waals surface area (Å²) in [6.07, 6.45) is 3.10. The maximum atomic E-state index is 12.7. The molecule has 5 nitrogen and oxygen atoms in total. The molecule has 5 heteroatoms. The van der Waals surface area contributed by atoms with Gasteiger partial charge in [0.15, 0.2) is 0 Å². The van der Waals surface area contributed by atoms with E-state index in [1.807, 2.05) is 44.2 Å². The SMILES string of the molecule is CC(C)N(C(=O)C1=COCCO1)c1cnc2ccccc2c1. The molecule has 1 aromatic heterocycles. The zero-order chi connectivity index (χ0) is 15.5. The first-order chi connectivity index (χ1) is 10.7. The molecule has 3 rings (SSSR count). The lowest BCUT2D eigenvalue weighted by atomic mass is 10.2. The van der Waals surface area contributed by atoms with Crippen molar-refractivity contribution in [1.82, 2.24) is 4.98 Å². The number of rotatable bonds is 3. The standard InChI is InChI=1S/C17H18N2O3/c1-12(2)19(17(20)16-11-21-7-8-22-16)14-9-13-5-3-4-6-15(13)18-10-14/h3-6,9-12H,7-8H2,1-2H3. The van der Waals surface area contributed by atoms with E-state index in [1.165, 1.54) is 6.26 Å². The van der Waals surface area contributed by atoms with Gasteiger partial charge in [0, 0.05) is 11.4 Å². The van der Waals surface area contributed by atoms with Gasteiger partial charge in [-0.05, 0) is 26.0 Å². The molecule has 2 aromatic rings. The lowest BCUT2D eigenvalue weighted by Crippen LogP contribution is -2.39. The molecule has 2 heterocycles. The normalized spacial score (nSPS) is 14.2. The van der Waals surface area contributed by atoms with E-state index in [9.17, 15) is 4.79 Å². The first kappa shape index (κ1) is 14.4. The molecule has 1 aliphatic heterocycles. The molecule has 0 saturated heterocycles. The molecule has 0 saturated carbocycles. The maximum Gasteiger partial charge on any atom is 0.296 e. The summed E-state index contributed by atoms with van der Waals surface area (Å²) in [6.45, 7) is 4.77. The van der Waals surface area contributed by atoms with Gasteiger partial charge in [-0.25, -0.2) is 0 Å². The van der Waals surface area contributed by atoms with E-state index in [0.29, 0.717) is 13.2 Å². The van der Waals surface area contributed by atoms with Crippen LogP contribution >= 0.6 is 0 Å². The van der Waals surface area contributed by atoms with Gasteiger partial charge in [-0.2, -0.15) is 0 Å². The van der Waals surface area contributed by atoms with Gasteiger partial charge >= 0.3 is 0 Å². The van der Waals surface area contributed by atoms with Crippen molar-refractivity contribution >= 4 is 22.5 Å². The highest BCUT2D eigenvalue weighted by molar-refractivity contribution is 6.05. The molecule has 0 radical (unpaired) electrons. The Kier molecular flexibility index (Phi) is 3.96. The Balaban J connectivity index is 1.98. The van der Waals surface area contributed by atoms with Crippen molar-refractivity contribution < 1.29 is 14.3 Å². The zero-order valence-corrected chi connectivity index (χ0v) is 12.7. The second-order valence-electron chi connectivity index (χ2n) is 5.36. The predicted molar refractivity (Wildman–Crippen MR) is 84.4 cm³/mol. The van der Waals surface area contributed by atoms with Gasteiger partial charge in [0.25, 0.3) is 5.91 Å². The van der Waals surface area contributed by atoms with E-state index in [2.05, 4.69) is 4.98 Å². The Morgan fingerprint density at radius 1 is 1.27 bits per heavy atom. The van der Waals surface area contributed by atoms with Gasteiger partial charge < -0.3 is 14.4 Å². The monoisotopic (exact) mass is 298 g/mol. The van der Waals surface area contributed by atoms with Crippen molar-refractivity contribution in [2.75, 3.05) is 18.1 Å². The second kappa shape index (κ2) is 6.05. The third-order valence-electron chi connectivity index (χ3n) is 3.45. The number of pyridine rings is 1. The largest absolute Gasteiger partial charge is 0.494 e. The van der Waals surface area contributed by atoms with Crippen LogP contribution in [0.4, 0.5) is 5.69 Å². The summed E-state index contributed by atoms with van der Waals surface area (Å²) in [5.74, 6) is 0.0138. The number of nitrogens with zero attached hydrogens (tertiary/aromatic N) is 2. The van der Waals surface area contributed by atoms with E-state index in [-0.39, 0.29) is 17.7 Å². The average molecular weight is 298 g/mol. The van der Waals surface area contributed by atoms with E-state index in [4.69, 9.17) is 9.47 Å². The number of para-hydroxylation sites is 1. The number of hydrogen-bond donors (Lipinski definition) is 0. The highest BCUT2D eigenvalue weighted by Gasteiger charge is 2.26. The molecular weight excluding hydrogens is 280 g/mol. The van der Waals surface area contributed by atoms with Crippen molar-refractivity contribution in [3.8, 4) is 0 Å². The number of hydrogen-bond acceptors (Lipinski definition) is 4. The Hall–Kier alpha value is -2.56. The summed E-state index contributed by atoms with van der Waals surface area (Å²) in [5.41, 5.74) is 1.65. The predicted octanol–water partition coefficient (Wildman–Crippen LogP) is 2.86. The van der Waals surface area contributed by atoms with Crippen LogP contribution < -0.4 is 4.90 Å². The number of benzene rings is 1. The van der Waals surface area contributed by atoms with Crippen LogP contribution in [-0.2, 0) is 14.3 Å². The molecule has 0 atom stereocenters. The summed E-state index contributed by atoms with van der Waals surface area (Å²) in [4.78, 5) is 18.8. The fraction of sp³-hybridized carbons (Fsp3) is 0.294. The third-order valence-corrected chi connectivity index (χ3v) is 3.45. The van der Waals surface area contributed by atoms with Gasteiger partial charge in [-0.3, -0.25) is 9.78 Å². The molecular formula is C17H18N2O3. The number of fused-ring (bicyclic) bond motifs is 1. The van der Waals surface area contributed by atoms with E-state index in [0.717, 1.165) is 16.6 Å². The number of aromatic nitrogens is 1. The Bertz CT molecular complexity index is 725. The highest BCUT2D eigenvalue weighted by Crippen LogP contribution is 2.24. The molecule has 114 valence electrons. The quantitative estimate of drug-likeness (QED) is 0.874. The van der Waals surface area contributed by atoms with Crippen molar-refractivity contribution in [3.63, 3.8) is 0 Å². The van der Waals surface area contributed by atoms with Crippen molar-refractivity contribution in [3.05, 3.63) is 48.5 Å². The Morgan fingerprint density at radius 3 is 2.82 bits per heavy atom. The molecule has 0 fully saturated rings. The summed E-state index contributed by atoms with van der Waals surface area (Å²) >= 11 is 0. The van der Waals surface area contributed by atoms with Gasteiger partial charge in [0.2, 0.25) is 5.76 Å². The number of ether oxygens (including phenoxy) is 2. The van der Waals surface area contributed by atoms with Crippen LogP contribution in [0, 0.1) is 0 Å². The van der Waals surface area contributed by atoms with Crippen molar-refractivity contribution in [2.45, 2.75) is 19.9 Å². The summed E-state index contributed by atoms with van der Waals surface area (Å²) < 4.78 is 10.6. The first-order valence-corrected chi connectivity index (χ1v) is 7.30. The van der Waals surface area contributed by atoms with Crippen LogP contribution in [-0.4, -0.2) is 30.1 Å². The van der Waals surface area contributed by atoms with Crippen LogP contribution in [0.3, 0.4) is 0 Å². The topological polar surface area (TPSA) is 51.7 Å². The van der Waals surface area contributed by atoms with Gasteiger partial charge in [-0.1, -0.05) is 18.2 Å². The minimum atomic E-state index is -0.216. The Morgan fingerprint density at radius 2 is 2.09 bits per heavy atom. The molecule has 0 aliphatic carbocycles. The minimum Gasteiger partial charge on any atom is -0.494 e. The highest BCUT2D eigenvalue weighted by atomic mass is 16.6. The second-order valence-corrected chi connectivity index (χ2v) is 5.36. The molecule has 0 unspecified atom stereocenters. The molecule has 0 spiro atoms. The van der Waals surface area contributed by atoms with E-state index in [1.54, 1.807) is 11.1 Å². The van der Waals surface area contributed by atoms with Crippen LogP contribution in [0.2, 0.25) is 0 Å². The third kappa shape index (κ3) is 2.74. The number of carbonyl (C=O) groups excluding carboxylic acids is 1. The minimum absolute atomic E-state index is 0.0260. The fourth-order valence-electron chi connectivity index (χ4n) is 2.44. The van der Waals surface area contributed by atoms with Crippen LogP contribution in [0.25, 0.3) is 10.9 Å². The van der Waals surface area contributed by atoms with Crippen LogP contribution in [0.1, 0.15) is 13.8 Å². The van der Waals surface area contributed by atoms with E-state index >= 15 is 0 Å². The summed E-state index contributed by atoms with van der Waals surface area (Å²) in [6, 6.07) is 9.76. The van der Waals surface area contributed by atoms with Gasteiger partial charge in [0.05, 0.1) is 17.4 Å². The van der Waals surface area contributed by atoms with Crippen LogP contribution in [0.5, 0.6) is 0 Å². The van der Waals surface area contributed by atoms with Gasteiger partial charge in [0.1, 0.15) is 19.5 Å². The molecule has 0 N–H and O–H groups in total. The maximum absolute atomic E-state index is 12.7. The molecule has 22 heavy (non-hydrogen) atoms. The number of amides is 1. The molecule has 1 amide bonds. The lowest BCUT2D eigenvalue weighted by Gasteiger charge is -2.28. The summed E-state index contributed by atoms with van der Waals surface area (Å²) in [7, 11) is 0. The number of anilines is 1. The molecule has 0 bridgehead atoms. The molecule has 1 aliphatic rings. The van der Waals surface area contributed by atoms with Crippen LogP contribution in [0.15, 0.2) is 48.5 Å².